The van der Waals surface area contributed by atoms with E-state index in [-0.39, 0.29) is 37.3 Å². The Morgan fingerprint density at radius 1 is 1.00 bits per heavy atom. The minimum atomic E-state index is -1.08. The third-order valence-corrected chi connectivity index (χ3v) is 0.553. The van der Waals surface area contributed by atoms with Crippen LogP contribution in [-0.4, -0.2) is 46.6 Å². The summed E-state index contributed by atoms with van der Waals surface area (Å²) < 4.78 is 0. The Labute approximate surface area is 69.3 Å². The molecule has 0 unspecified atom stereocenters. The molecule has 2 N–H and O–H groups in total. The Balaban J connectivity index is 0. The van der Waals surface area contributed by atoms with Gasteiger partial charge in [-0.1, -0.05) is 0 Å². The molecule has 54 valence electrons. The molecule has 0 aromatic rings. The molecule has 0 saturated heterocycles. The number of carboxylic acids is 2. The summed E-state index contributed by atoms with van der Waals surface area (Å²) in [5, 5.41) is 15.8. The monoisotopic (exact) mass is 242 g/mol. The van der Waals surface area contributed by atoms with Gasteiger partial charge in [0, 0.05) is 0 Å². The quantitative estimate of drug-likeness (QED) is 0.607. The number of carboxylic acid groups (broad SMARTS) is 2. The summed E-state index contributed by atoms with van der Waals surface area (Å²) in [6.07, 6.45) is -0.593. The van der Waals surface area contributed by atoms with Gasteiger partial charge in [0.1, 0.15) is 0 Å². The molecular weight excluding hydrogens is 234 g/mol. The SMILES string of the molecule is O=C(O)CCC(=O)O.[SbH3]. The van der Waals surface area contributed by atoms with Crippen molar-refractivity contribution < 1.29 is 19.8 Å². The Hall–Kier alpha value is -0.242. The van der Waals surface area contributed by atoms with Gasteiger partial charge in [0.15, 0.2) is 0 Å². The Kier molecular flexibility index (Phi) is 7.55. The van der Waals surface area contributed by atoms with Gasteiger partial charge in [0.25, 0.3) is 0 Å². The summed E-state index contributed by atoms with van der Waals surface area (Å²) in [7, 11) is 0. The average Bonchev–Trinajstić information content (AvgIpc) is 1.61. The van der Waals surface area contributed by atoms with Crippen molar-refractivity contribution >= 4 is 36.4 Å². The Bertz CT molecular complexity index is 97.1. The molecule has 9 heavy (non-hydrogen) atoms. The van der Waals surface area contributed by atoms with Crippen LogP contribution in [0.4, 0.5) is 0 Å². The third-order valence-electron chi connectivity index (χ3n) is 0.553. The molecule has 0 aromatic heterocycles. The zero-order valence-corrected chi connectivity index (χ0v) is 8.87. The molecule has 0 atom stereocenters. The standard InChI is InChI=1S/C4H6O4.Sb.3H/c5-3(6)1-2-4(7)8;;;;/h1-2H2,(H,5,6)(H,7,8);;;;. The van der Waals surface area contributed by atoms with Crippen molar-refractivity contribution in [2.24, 2.45) is 0 Å². The first kappa shape index (κ1) is 11.5. The Morgan fingerprint density at radius 2 is 1.22 bits per heavy atom. The second-order valence-corrected chi connectivity index (χ2v) is 1.29. The van der Waals surface area contributed by atoms with Crippen LogP contribution in [0.5, 0.6) is 0 Å². The van der Waals surface area contributed by atoms with Crippen molar-refractivity contribution in [3.63, 3.8) is 0 Å². The zero-order valence-electron chi connectivity index (χ0n) is 4.83. The predicted octanol–water partition coefficient (Wildman–Crippen LogP) is -1.25. The molecule has 0 spiro atoms. The van der Waals surface area contributed by atoms with E-state index in [2.05, 4.69) is 0 Å². The first-order valence-electron chi connectivity index (χ1n) is 2.06. The molecule has 0 aliphatic heterocycles. The van der Waals surface area contributed by atoms with Gasteiger partial charge in [-0.05, 0) is 0 Å². The molecule has 0 amide bonds. The van der Waals surface area contributed by atoms with E-state index in [0.717, 1.165) is 0 Å². The maximum atomic E-state index is 9.64. The molecule has 0 saturated carbocycles. The van der Waals surface area contributed by atoms with Crippen LogP contribution in [0.2, 0.25) is 0 Å². The van der Waals surface area contributed by atoms with Crippen LogP contribution in [0, 0.1) is 0 Å². The second-order valence-electron chi connectivity index (χ2n) is 1.29. The van der Waals surface area contributed by atoms with Crippen molar-refractivity contribution in [2.45, 2.75) is 12.8 Å². The Morgan fingerprint density at radius 3 is 1.33 bits per heavy atom. The van der Waals surface area contributed by atoms with E-state index in [4.69, 9.17) is 10.2 Å². The van der Waals surface area contributed by atoms with Crippen LogP contribution < -0.4 is 0 Å². The topological polar surface area (TPSA) is 74.6 Å². The van der Waals surface area contributed by atoms with E-state index in [1.54, 1.807) is 0 Å². The van der Waals surface area contributed by atoms with Crippen LogP contribution in [0.15, 0.2) is 0 Å². The van der Waals surface area contributed by atoms with Crippen molar-refractivity contribution in [1.82, 2.24) is 0 Å². The van der Waals surface area contributed by atoms with Gasteiger partial charge in [0.2, 0.25) is 0 Å². The molecule has 0 rings (SSSR count). The third kappa shape index (κ3) is 11.4. The fraction of sp³-hybridized carbons (Fsp3) is 0.500. The van der Waals surface area contributed by atoms with E-state index in [9.17, 15) is 9.59 Å². The molecule has 0 aliphatic rings. The first-order chi connectivity index (χ1) is 3.63. The van der Waals surface area contributed by atoms with E-state index in [1.165, 1.54) is 0 Å². The number of hydrogen-bond acceptors (Lipinski definition) is 2. The number of rotatable bonds is 3. The number of carbonyl (C=O) groups is 2. The molecule has 0 bridgehead atoms. The summed E-state index contributed by atoms with van der Waals surface area (Å²) in [5.74, 6) is -2.15. The van der Waals surface area contributed by atoms with Crippen molar-refractivity contribution in [3.8, 4) is 0 Å². The average molecular weight is 243 g/mol. The molecule has 0 fully saturated rings. The summed E-state index contributed by atoms with van der Waals surface area (Å²) in [6, 6.07) is 0. The van der Waals surface area contributed by atoms with Crippen LogP contribution in [-0.2, 0) is 9.59 Å². The van der Waals surface area contributed by atoms with Crippen LogP contribution in [0.25, 0.3) is 0 Å². The summed E-state index contributed by atoms with van der Waals surface area (Å²) >= 11 is 0. The zero-order chi connectivity index (χ0) is 6.57. The number of hydrogen-bond donors (Lipinski definition) is 2. The molecule has 0 heterocycles. The fourth-order valence-corrected chi connectivity index (χ4v) is 0.214. The fourth-order valence-electron chi connectivity index (χ4n) is 0.214. The first-order valence-corrected chi connectivity index (χ1v) is 2.06. The number of aliphatic carboxylic acids is 2. The van der Waals surface area contributed by atoms with Gasteiger partial charge in [0.05, 0.1) is 12.8 Å². The predicted molar refractivity (Wildman–Crippen MR) is 34.4 cm³/mol. The molecule has 0 aromatic carbocycles. The van der Waals surface area contributed by atoms with E-state index < -0.39 is 11.9 Å². The van der Waals surface area contributed by atoms with E-state index >= 15 is 0 Å². The van der Waals surface area contributed by atoms with Gasteiger partial charge < -0.3 is 10.2 Å². The summed E-state index contributed by atoms with van der Waals surface area (Å²) in [6.45, 7) is 0. The summed E-state index contributed by atoms with van der Waals surface area (Å²) in [4.78, 5) is 19.3. The van der Waals surface area contributed by atoms with Gasteiger partial charge in [-0.3, -0.25) is 9.59 Å². The van der Waals surface area contributed by atoms with Crippen molar-refractivity contribution in [1.29, 1.82) is 0 Å². The molecule has 0 radical (unpaired) electrons. The van der Waals surface area contributed by atoms with Crippen LogP contribution in [0.1, 0.15) is 12.8 Å². The van der Waals surface area contributed by atoms with Gasteiger partial charge >= 0.3 is 36.4 Å². The molecule has 4 nitrogen and oxygen atoms in total. The van der Waals surface area contributed by atoms with Crippen LogP contribution >= 0.6 is 0 Å². The summed E-state index contributed by atoms with van der Waals surface area (Å²) in [5.41, 5.74) is 0. The molecular formula is C4H9O4Sb. The normalized spacial score (nSPS) is 7.56. The van der Waals surface area contributed by atoms with Crippen molar-refractivity contribution in [3.05, 3.63) is 0 Å². The minimum absolute atomic E-state index is 0. The second kappa shape index (κ2) is 5.89. The maximum absolute atomic E-state index is 9.64. The van der Waals surface area contributed by atoms with Gasteiger partial charge in [-0.15, -0.1) is 0 Å². The van der Waals surface area contributed by atoms with Crippen molar-refractivity contribution in [2.75, 3.05) is 0 Å². The van der Waals surface area contributed by atoms with Crippen LogP contribution in [0.3, 0.4) is 0 Å². The molecule has 5 heteroatoms. The van der Waals surface area contributed by atoms with E-state index in [0.29, 0.717) is 0 Å². The molecule has 0 aliphatic carbocycles. The van der Waals surface area contributed by atoms with E-state index in [1.807, 2.05) is 0 Å². The van der Waals surface area contributed by atoms with Gasteiger partial charge in [-0.25, -0.2) is 0 Å². The van der Waals surface area contributed by atoms with Gasteiger partial charge in [-0.2, -0.15) is 0 Å².